The third-order valence-corrected chi connectivity index (χ3v) is 6.65. The third kappa shape index (κ3) is 3.19. The molecule has 3 aromatic rings. The topological polar surface area (TPSA) is 79.4 Å². The number of fused-ring (bicyclic) bond motifs is 1. The van der Waals surface area contributed by atoms with Gasteiger partial charge < -0.3 is 10.6 Å². The number of rotatable bonds is 3. The maximum absolute atomic E-state index is 12.1. The van der Waals surface area contributed by atoms with E-state index < -0.39 is 5.69 Å². The molecule has 1 aliphatic rings. The Hall–Kier alpha value is -2.02. The lowest BCUT2D eigenvalue weighted by atomic mass is 9.80. The van der Waals surface area contributed by atoms with Gasteiger partial charge in [0.25, 0.3) is 0 Å². The van der Waals surface area contributed by atoms with Crippen LogP contribution in [0.4, 0.5) is 5.82 Å². The van der Waals surface area contributed by atoms with Gasteiger partial charge in [-0.15, -0.1) is 0 Å². The van der Waals surface area contributed by atoms with Crippen LogP contribution < -0.4 is 16.3 Å². The highest BCUT2D eigenvalue weighted by atomic mass is 35.5. The minimum Gasteiger partial charge on any atom is -0.357 e. The Morgan fingerprint density at radius 3 is 2.68 bits per heavy atom. The minimum absolute atomic E-state index is 0.168. The number of pyridine rings is 1. The normalized spacial score (nSPS) is 16.7. The van der Waals surface area contributed by atoms with E-state index in [4.69, 9.17) is 28.9 Å². The molecule has 1 aromatic carbocycles. The average molecular weight is 420 g/mol. The summed E-state index contributed by atoms with van der Waals surface area (Å²) in [6.07, 6.45) is 2.01. The van der Waals surface area contributed by atoms with Gasteiger partial charge >= 0.3 is 5.69 Å². The van der Waals surface area contributed by atoms with E-state index in [1.807, 2.05) is 19.1 Å². The number of nitrogens with two attached hydrogens (primary N) is 1. The number of hydrogen-bond acceptors (Lipinski definition) is 4. The second-order valence-electron chi connectivity index (χ2n) is 7.85. The van der Waals surface area contributed by atoms with Gasteiger partial charge in [-0.2, -0.15) is 4.98 Å². The van der Waals surface area contributed by atoms with Crippen molar-refractivity contribution in [1.82, 2.24) is 14.6 Å². The first kappa shape index (κ1) is 19.3. The fraction of sp³-hybridized carbons (Fsp3) is 0.400. The van der Waals surface area contributed by atoms with Crippen molar-refractivity contribution in [3.8, 4) is 11.1 Å². The summed E-state index contributed by atoms with van der Waals surface area (Å²) < 4.78 is 1.76. The first-order chi connectivity index (χ1) is 13.3. The maximum Gasteiger partial charge on any atom is 0.362 e. The van der Waals surface area contributed by atoms with Crippen LogP contribution in [0, 0.1) is 12.3 Å². The molecule has 1 aliphatic heterocycles. The van der Waals surface area contributed by atoms with Crippen LogP contribution in [0.5, 0.6) is 0 Å². The fourth-order valence-corrected chi connectivity index (χ4v) is 4.30. The Morgan fingerprint density at radius 1 is 1.29 bits per heavy atom. The lowest BCUT2D eigenvalue weighted by Gasteiger charge is -2.39. The van der Waals surface area contributed by atoms with E-state index in [0.29, 0.717) is 22.2 Å². The van der Waals surface area contributed by atoms with Crippen molar-refractivity contribution in [2.45, 2.75) is 26.7 Å². The second kappa shape index (κ2) is 7.10. The number of hydrogen-bond donors (Lipinski definition) is 2. The molecule has 1 saturated heterocycles. The molecule has 3 heterocycles. The lowest BCUT2D eigenvalue weighted by molar-refractivity contribution is 0.257. The van der Waals surface area contributed by atoms with Gasteiger partial charge in [0.15, 0.2) is 5.65 Å². The second-order valence-corrected chi connectivity index (χ2v) is 8.64. The third-order valence-electron chi connectivity index (χ3n) is 5.83. The minimum atomic E-state index is -0.393. The van der Waals surface area contributed by atoms with E-state index in [1.165, 1.54) is 0 Å². The summed E-state index contributed by atoms with van der Waals surface area (Å²) in [6.45, 7) is 6.67. The Morgan fingerprint density at radius 2 is 2.00 bits per heavy atom. The zero-order chi connectivity index (χ0) is 20.1. The molecule has 2 aromatic heterocycles. The highest BCUT2D eigenvalue weighted by molar-refractivity contribution is 6.43. The van der Waals surface area contributed by atoms with Gasteiger partial charge in [-0.25, -0.2) is 14.4 Å². The summed E-state index contributed by atoms with van der Waals surface area (Å²) >= 11 is 12.7. The van der Waals surface area contributed by atoms with E-state index in [-0.39, 0.29) is 5.41 Å². The van der Waals surface area contributed by atoms with Crippen molar-refractivity contribution in [2.24, 2.45) is 11.1 Å². The molecule has 1 fully saturated rings. The molecule has 3 N–H and O–H groups in total. The van der Waals surface area contributed by atoms with E-state index >= 15 is 0 Å². The molecule has 148 valence electrons. The van der Waals surface area contributed by atoms with Crippen LogP contribution in [0.1, 0.15) is 25.3 Å². The number of nitrogens with one attached hydrogen (secondary N) is 1. The lowest BCUT2D eigenvalue weighted by Crippen LogP contribution is -2.43. The summed E-state index contributed by atoms with van der Waals surface area (Å²) in [7, 11) is 0. The van der Waals surface area contributed by atoms with E-state index in [1.54, 1.807) is 10.6 Å². The Labute approximate surface area is 173 Å². The molecule has 0 amide bonds. The van der Waals surface area contributed by atoms with E-state index in [0.717, 1.165) is 48.4 Å². The van der Waals surface area contributed by atoms with E-state index in [2.05, 4.69) is 28.0 Å². The van der Waals surface area contributed by atoms with Crippen LogP contribution in [0.25, 0.3) is 16.8 Å². The van der Waals surface area contributed by atoms with Crippen LogP contribution in [-0.4, -0.2) is 34.2 Å². The van der Waals surface area contributed by atoms with Crippen LogP contribution >= 0.6 is 23.2 Å². The number of halogens is 2. The number of nitrogens with zero attached hydrogens (tertiary/aromatic N) is 3. The summed E-state index contributed by atoms with van der Waals surface area (Å²) in [5.74, 6) is 0.920. The van der Waals surface area contributed by atoms with Crippen LogP contribution in [-0.2, 0) is 0 Å². The zero-order valence-corrected chi connectivity index (χ0v) is 17.4. The molecule has 8 heteroatoms. The van der Waals surface area contributed by atoms with Crippen LogP contribution in [0.3, 0.4) is 0 Å². The van der Waals surface area contributed by atoms with Crippen molar-refractivity contribution < 1.29 is 0 Å². The number of piperidine rings is 1. The number of anilines is 1. The highest BCUT2D eigenvalue weighted by Crippen LogP contribution is 2.39. The van der Waals surface area contributed by atoms with Crippen LogP contribution in [0.2, 0.25) is 10.0 Å². The Kier molecular flexibility index (Phi) is 4.89. The molecule has 0 spiro atoms. The van der Waals surface area contributed by atoms with Crippen molar-refractivity contribution in [3.05, 3.63) is 50.4 Å². The number of aryl methyl sites for hydroxylation is 1. The molecule has 0 bridgehead atoms. The van der Waals surface area contributed by atoms with E-state index in [9.17, 15) is 4.79 Å². The first-order valence-electron chi connectivity index (χ1n) is 9.35. The van der Waals surface area contributed by atoms with Gasteiger partial charge in [-0.3, -0.25) is 0 Å². The maximum atomic E-state index is 12.1. The summed E-state index contributed by atoms with van der Waals surface area (Å²) in [6, 6.07) is 7.55. The molecule has 0 saturated carbocycles. The van der Waals surface area contributed by atoms with Gasteiger partial charge in [0.05, 0.1) is 10.0 Å². The smallest absolute Gasteiger partial charge is 0.357 e. The van der Waals surface area contributed by atoms with Crippen molar-refractivity contribution in [2.75, 3.05) is 24.5 Å². The molecule has 6 nitrogen and oxygen atoms in total. The SMILES string of the molecule is Cc1cc(N2CCC(C)(CN)CC2)n2[nH]c(=O)nc2c1-c1cccc(Cl)c1Cl. The predicted molar refractivity (Wildman–Crippen MR) is 115 cm³/mol. The van der Waals surface area contributed by atoms with Gasteiger partial charge in [-0.05, 0) is 49.4 Å². The summed E-state index contributed by atoms with van der Waals surface area (Å²) in [5.41, 5.74) is 8.82. The number of H-pyrrole nitrogens is 1. The van der Waals surface area contributed by atoms with Crippen LogP contribution in [0.15, 0.2) is 29.1 Å². The fourth-order valence-electron chi connectivity index (χ4n) is 3.90. The van der Waals surface area contributed by atoms with Gasteiger partial charge in [0.1, 0.15) is 5.82 Å². The van der Waals surface area contributed by atoms with Gasteiger partial charge in [0, 0.05) is 24.2 Å². The molecule has 0 atom stereocenters. The monoisotopic (exact) mass is 419 g/mol. The van der Waals surface area contributed by atoms with Gasteiger partial charge in [0.2, 0.25) is 0 Å². The van der Waals surface area contributed by atoms with Crippen molar-refractivity contribution in [1.29, 1.82) is 0 Å². The molecular weight excluding hydrogens is 397 g/mol. The standard InChI is InChI=1S/C20H23Cl2N5O/c1-12-10-15(26-8-6-20(2,11-23)7-9-26)27-18(24-19(28)25-27)16(12)13-4-3-5-14(21)17(13)22/h3-5,10H,6-9,11,23H2,1-2H3,(H,25,28). The largest absolute Gasteiger partial charge is 0.362 e. The summed E-state index contributed by atoms with van der Waals surface area (Å²) in [4.78, 5) is 18.6. The predicted octanol–water partition coefficient (Wildman–Crippen LogP) is 3.87. The number of aromatic amines is 1. The van der Waals surface area contributed by atoms with Gasteiger partial charge in [-0.1, -0.05) is 42.3 Å². The molecule has 28 heavy (non-hydrogen) atoms. The molecular formula is C20H23Cl2N5O. The number of aromatic nitrogens is 3. The zero-order valence-electron chi connectivity index (χ0n) is 15.9. The first-order valence-corrected chi connectivity index (χ1v) is 10.1. The molecule has 4 rings (SSSR count). The molecule has 0 unspecified atom stereocenters. The number of benzene rings is 1. The van der Waals surface area contributed by atoms with Crippen molar-refractivity contribution in [3.63, 3.8) is 0 Å². The molecule has 0 radical (unpaired) electrons. The van der Waals surface area contributed by atoms with Crippen molar-refractivity contribution >= 4 is 34.7 Å². The Bertz CT molecular complexity index is 1100. The quantitative estimate of drug-likeness (QED) is 0.674. The average Bonchev–Trinajstić information content (AvgIpc) is 3.06. The summed E-state index contributed by atoms with van der Waals surface area (Å²) in [5, 5.41) is 3.76. The molecule has 0 aliphatic carbocycles. The highest BCUT2D eigenvalue weighted by Gasteiger charge is 2.30. The Balaban J connectivity index is 1.86.